The van der Waals surface area contributed by atoms with Crippen molar-refractivity contribution in [2.75, 3.05) is 7.11 Å². The number of aryl methyl sites for hydroxylation is 1. The molecule has 19 heavy (non-hydrogen) atoms. The van der Waals surface area contributed by atoms with Crippen LogP contribution in [0, 0.1) is 0 Å². The second-order valence-electron chi connectivity index (χ2n) is 4.58. The predicted molar refractivity (Wildman–Crippen MR) is 72.9 cm³/mol. The van der Waals surface area contributed by atoms with E-state index < -0.39 is 0 Å². The molecule has 2 rings (SSSR count). The van der Waals surface area contributed by atoms with E-state index in [4.69, 9.17) is 15.0 Å². The molecular weight excluding hydrogens is 242 g/mol. The van der Waals surface area contributed by atoms with Gasteiger partial charge in [-0.05, 0) is 31.9 Å². The van der Waals surface area contributed by atoms with Crippen molar-refractivity contribution in [2.45, 2.75) is 32.2 Å². The number of para-hydroxylation sites is 1. The van der Waals surface area contributed by atoms with Crippen LogP contribution in [0.15, 0.2) is 28.8 Å². The Kier molecular flexibility index (Phi) is 4.52. The molecule has 1 heterocycles. The van der Waals surface area contributed by atoms with Crippen LogP contribution in [-0.4, -0.2) is 23.3 Å². The second kappa shape index (κ2) is 6.33. The van der Waals surface area contributed by atoms with E-state index in [0.29, 0.717) is 11.7 Å². The smallest absolute Gasteiger partial charge is 0.226 e. The van der Waals surface area contributed by atoms with Gasteiger partial charge in [0.1, 0.15) is 5.75 Å². The van der Waals surface area contributed by atoms with Crippen LogP contribution in [0.5, 0.6) is 5.75 Å². The Balaban J connectivity index is 2.08. The number of nitrogens with zero attached hydrogens (tertiary/aromatic N) is 2. The molecule has 5 nitrogen and oxygen atoms in total. The molecular formula is C14H19N3O2. The van der Waals surface area contributed by atoms with Crippen molar-refractivity contribution in [1.29, 1.82) is 0 Å². The van der Waals surface area contributed by atoms with Gasteiger partial charge in [0.25, 0.3) is 0 Å². The van der Waals surface area contributed by atoms with Gasteiger partial charge in [-0.1, -0.05) is 17.3 Å². The lowest BCUT2D eigenvalue weighted by molar-refractivity contribution is 0.372. The molecule has 2 aromatic rings. The van der Waals surface area contributed by atoms with Crippen LogP contribution in [0.2, 0.25) is 0 Å². The molecule has 0 spiro atoms. The summed E-state index contributed by atoms with van der Waals surface area (Å²) in [5, 5.41) is 4.00. The first kappa shape index (κ1) is 13.5. The Morgan fingerprint density at radius 3 is 2.89 bits per heavy atom. The van der Waals surface area contributed by atoms with Crippen molar-refractivity contribution in [3.05, 3.63) is 30.2 Å². The quantitative estimate of drug-likeness (QED) is 0.864. The Morgan fingerprint density at radius 1 is 1.37 bits per heavy atom. The molecule has 0 aliphatic rings. The van der Waals surface area contributed by atoms with Gasteiger partial charge in [-0.2, -0.15) is 4.98 Å². The van der Waals surface area contributed by atoms with Crippen molar-refractivity contribution >= 4 is 0 Å². The van der Waals surface area contributed by atoms with Crippen molar-refractivity contribution < 1.29 is 9.26 Å². The van der Waals surface area contributed by atoms with E-state index in [1.807, 2.05) is 31.2 Å². The molecule has 1 aromatic heterocycles. The first-order chi connectivity index (χ1) is 9.20. The lowest BCUT2D eigenvalue weighted by atomic mass is 10.1. The van der Waals surface area contributed by atoms with Gasteiger partial charge < -0.3 is 15.0 Å². The van der Waals surface area contributed by atoms with Gasteiger partial charge in [0.2, 0.25) is 11.7 Å². The molecule has 0 amide bonds. The van der Waals surface area contributed by atoms with E-state index in [1.165, 1.54) is 0 Å². The van der Waals surface area contributed by atoms with Crippen LogP contribution in [-0.2, 0) is 6.42 Å². The Hall–Kier alpha value is -1.88. The number of nitrogens with two attached hydrogens (primary N) is 1. The molecule has 0 saturated carbocycles. The molecule has 0 aliphatic heterocycles. The maximum atomic E-state index is 5.71. The van der Waals surface area contributed by atoms with Crippen molar-refractivity contribution in [2.24, 2.45) is 5.73 Å². The zero-order valence-electron chi connectivity index (χ0n) is 11.3. The van der Waals surface area contributed by atoms with Crippen molar-refractivity contribution in [3.63, 3.8) is 0 Å². The Labute approximate surface area is 112 Å². The lowest BCUT2D eigenvalue weighted by Gasteiger charge is -2.03. The first-order valence-corrected chi connectivity index (χ1v) is 6.42. The van der Waals surface area contributed by atoms with E-state index in [1.54, 1.807) is 7.11 Å². The zero-order valence-corrected chi connectivity index (χ0v) is 11.3. The van der Waals surface area contributed by atoms with E-state index in [0.717, 1.165) is 30.6 Å². The fourth-order valence-electron chi connectivity index (χ4n) is 1.87. The highest BCUT2D eigenvalue weighted by atomic mass is 16.5. The molecule has 0 aliphatic carbocycles. The Bertz CT molecular complexity index is 523. The number of methoxy groups -OCH3 is 1. The second-order valence-corrected chi connectivity index (χ2v) is 4.58. The molecule has 1 atom stereocenters. The molecule has 0 radical (unpaired) electrons. The summed E-state index contributed by atoms with van der Waals surface area (Å²) < 4.78 is 10.5. The van der Waals surface area contributed by atoms with Gasteiger partial charge in [0, 0.05) is 12.5 Å². The molecule has 102 valence electrons. The van der Waals surface area contributed by atoms with E-state index in [9.17, 15) is 0 Å². The van der Waals surface area contributed by atoms with Gasteiger partial charge in [-0.3, -0.25) is 0 Å². The molecule has 1 unspecified atom stereocenters. The maximum absolute atomic E-state index is 5.71. The topological polar surface area (TPSA) is 74.2 Å². The third-order valence-corrected chi connectivity index (χ3v) is 2.87. The van der Waals surface area contributed by atoms with Gasteiger partial charge in [-0.25, -0.2) is 0 Å². The Morgan fingerprint density at radius 2 is 2.16 bits per heavy atom. The normalized spacial score (nSPS) is 12.4. The van der Waals surface area contributed by atoms with Crippen LogP contribution in [0.4, 0.5) is 0 Å². The highest BCUT2D eigenvalue weighted by molar-refractivity contribution is 5.63. The maximum Gasteiger partial charge on any atom is 0.226 e. The molecule has 0 fully saturated rings. The van der Waals surface area contributed by atoms with Crippen LogP contribution in [0.3, 0.4) is 0 Å². The molecule has 5 heteroatoms. The summed E-state index contributed by atoms with van der Waals surface area (Å²) in [4.78, 5) is 4.39. The first-order valence-electron chi connectivity index (χ1n) is 6.42. The molecule has 2 N–H and O–H groups in total. The van der Waals surface area contributed by atoms with Crippen LogP contribution in [0.1, 0.15) is 25.7 Å². The third-order valence-electron chi connectivity index (χ3n) is 2.87. The number of hydrogen-bond acceptors (Lipinski definition) is 5. The highest BCUT2D eigenvalue weighted by Crippen LogP contribution is 2.27. The van der Waals surface area contributed by atoms with Crippen LogP contribution in [0.25, 0.3) is 11.4 Å². The number of rotatable bonds is 6. The fraction of sp³-hybridized carbons (Fsp3) is 0.429. The summed E-state index contributed by atoms with van der Waals surface area (Å²) in [6.45, 7) is 1.99. The van der Waals surface area contributed by atoms with E-state index >= 15 is 0 Å². The van der Waals surface area contributed by atoms with Gasteiger partial charge in [0.15, 0.2) is 0 Å². The highest BCUT2D eigenvalue weighted by Gasteiger charge is 2.12. The van der Waals surface area contributed by atoms with Gasteiger partial charge >= 0.3 is 0 Å². The summed E-state index contributed by atoms with van der Waals surface area (Å²) in [5.41, 5.74) is 6.55. The van der Waals surface area contributed by atoms with Gasteiger partial charge in [0.05, 0.1) is 12.7 Å². The predicted octanol–water partition coefficient (Wildman–Crippen LogP) is 2.42. The summed E-state index contributed by atoms with van der Waals surface area (Å²) in [7, 11) is 1.63. The molecule has 0 bridgehead atoms. The van der Waals surface area contributed by atoms with E-state index in [-0.39, 0.29) is 6.04 Å². The lowest BCUT2D eigenvalue weighted by Crippen LogP contribution is -2.14. The van der Waals surface area contributed by atoms with E-state index in [2.05, 4.69) is 10.1 Å². The average molecular weight is 261 g/mol. The standard InChI is InChI=1S/C14H19N3O2/c1-10(15)6-5-9-13-16-14(17-19-13)11-7-3-4-8-12(11)18-2/h3-4,7-8,10H,5-6,9,15H2,1-2H3. The average Bonchev–Trinajstić information content (AvgIpc) is 2.87. The molecule has 1 aromatic carbocycles. The largest absolute Gasteiger partial charge is 0.496 e. The van der Waals surface area contributed by atoms with Crippen LogP contribution >= 0.6 is 0 Å². The SMILES string of the molecule is COc1ccccc1-c1noc(CCCC(C)N)n1. The summed E-state index contributed by atoms with van der Waals surface area (Å²) in [6.07, 6.45) is 2.65. The zero-order chi connectivity index (χ0) is 13.7. The number of aromatic nitrogens is 2. The minimum atomic E-state index is 0.205. The van der Waals surface area contributed by atoms with Crippen molar-refractivity contribution in [1.82, 2.24) is 10.1 Å². The summed E-state index contributed by atoms with van der Waals surface area (Å²) >= 11 is 0. The minimum Gasteiger partial charge on any atom is -0.496 e. The van der Waals surface area contributed by atoms with Crippen LogP contribution < -0.4 is 10.5 Å². The molecule has 0 saturated heterocycles. The number of hydrogen-bond donors (Lipinski definition) is 1. The monoisotopic (exact) mass is 261 g/mol. The van der Waals surface area contributed by atoms with Crippen molar-refractivity contribution in [3.8, 4) is 17.1 Å². The van der Waals surface area contributed by atoms with Gasteiger partial charge in [-0.15, -0.1) is 0 Å². The summed E-state index contributed by atoms with van der Waals surface area (Å²) in [5.74, 6) is 1.94. The summed E-state index contributed by atoms with van der Waals surface area (Å²) in [6, 6.07) is 7.82. The number of ether oxygens (including phenoxy) is 1. The third kappa shape index (κ3) is 3.54. The fourth-order valence-corrected chi connectivity index (χ4v) is 1.87. The minimum absolute atomic E-state index is 0.205. The number of benzene rings is 1.